The maximum absolute atomic E-state index is 6.47. The van der Waals surface area contributed by atoms with Crippen LogP contribution in [0.25, 0.3) is 0 Å². The Labute approximate surface area is 116 Å². The minimum atomic E-state index is 0.303. The second kappa shape index (κ2) is 6.58. The van der Waals surface area contributed by atoms with Crippen molar-refractivity contribution in [3.63, 3.8) is 0 Å². The number of rotatable bonds is 3. The van der Waals surface area contributed by atoms with E-state index in [2.05, 4.69) is 37.4 Å². The Morgan fingerprint density at radius 3 is 2.50 bits per heavy atom. The molecule has 1 N–H and O–H groups in total. The van der Waals surface area contributed by atoms with Crippen molar-refractivity contribution in [2.24, 2.45) is 0 Å². The first kappa shape index (κ1) is 13.9. The standard InChI is InChI=1S/C16H24ClN/c1-12-7-6-8-13(2)14(12)11-18-16-10-5-3-4-9-15(16)17/h6-8,15-16,18H,3-5,9-11H2,1-2H3. The minimum absolute atomic E-state index is 0.303. The molecule has 1 fully saturated rings. The largest absolute Gasteiger partial charge is 0.308 e. The van der Waals surface area contributed by atoms with Crippen LogP contribution in [0.4, 0.5) is 0 Å². The molecule has 1 aromatic rings. The summed E-state index contributed by atoms with van der Waals surface area (Å²) in [5, 5.41) is 3.98. The van der Waals surface area contributed by atoms with Crippen LogP contribution in [0.5, 0.6) is 0 Å². The van der Waals surface area contributed by atoms with Crippen LogP contribution in [0, 0.1) is 13.8 Å². The van der Waals surface area contributed by atoms with Crippen molar-refractivity contribution in [1.82, 2.24) is 5.32 Å². The van der Waals surface area contributed by atoms with Gasteiger partial charge in [-0.05, 0) is 43.4 Å². The molecule has 0 spiro atoms. The lowest BCUT2D eigenvalue weighted by Crippen LogP contribution is -2.36. The van der Waals surface area contributed by atoms with E-state index in [9.17, 15) is 0 Å². The van der Waals surface area contributed by atoms with E-state index in [0.717, 1.165) is 13.0 Å². The van der Waals surface area contributed by atoms with Gasteiger partial charge in [0.1, 0.15) is 0 Å². The number of hydrogen-bond donors (Lipinski definition) is 1. The summed E-state index contributed by atoms with van der Waals surface area (Å²) in [7, 11) is 0. The number of aryl methyl sites for hydroxylation is 2. The molecule has 100 valence electrons. The summed E-state index contributed by atoms with van der Waals surface area (Å²) in [6.07, 6.45) is 6.32. The van der Waals surface area contributed by atoms with E-state index in [1.165, 1.54) is 42.4 Å². The van der Waals surface area contributed by atoms with Gasteiger partial charge in [0.2, 0.25) is 0 Å². The van der Waals surface area contributed by atoms with Crippen LogP contribution >= 0.6 is 11.6 Å². The van der Waals surface area contributed by atoms with Gasteiger partial charge in [0.15, 0.2) is 0 Å². The smallest absolute Gasteiger partial charge is 0.0489 e. The number of hydrogen-bond acceptors (Lipinski definition) is 1. The van der Waals surface area contributed by atoms with Gasteiger partial charge in [0.05, 0.1) is 0 Å². The SMILES string of the molecule is Cc1cccc(C)c1CNC1CCCCCC1Cl. The maximum Gasteiger partial charge on any atom is 0.0489 e. The molecule has 0 aromatic heterocycles. The molecule has 1 aliphatic rings. The fourth-order valence-corrected chi connectivity index (χ4v) is 3.22. The molecule has 0 heterocycles. The quantitative estimate of drug-likeness (QED) is 0.634. The predicted molar refractivity (Wildman–Crippen MR) is 79.3 cm³/mol. The Balaban J connectivity index is 1.98. The Bertz CT molecular complexity index is 368. The van der Waals surface area contributed by atoms with E-state index in [4.69, 9.17) is 11.6 Å². The third-order valence-electron chi connectivity index (χ3n) is 4.12. The van der Waals surface area contributed by atoms with Gasteiger partial charge >= 0.3 is 0 Å². The molecule has 1 nitrogen and oxygen atoms in total. The van der Waals surface area contributed by atoms with Crippen LogP contribution in [0.3, 0.4) is 0 Å². The highest BCUT2D eigenvalue weighted by Gasteiger charge is 2.21. The molecule has 1 aliphatic carbocycles. The predicted octanol–water partition coefficient (Wildman–Crippen LogP) is 4.33. The Kier molecular flexibility index (Phi) is 5.08. The van der Waals surface area contributed by atoms with Gasteiger partial charge in [-0.15, -0.1) is 11.6 Å². The number of nitrogens with one attached hydrogen (secondary N) is 1. The van der Waals surface area contributed by atoms with Gasteiger partial charge in [0.25, 0.3) is 0 Å². The minimum Gasteiger partial charge on any atom is -0.308 e. The molecule has 2 unspecified atom stereocenters. The van der Waals surface area contributed by atoms with Gasteiger partial charge in [0, 0.05) is 18.0 Å². The summed E-state index contributed by atoms with van der Waals surface area (Å²) >= 11 is 6.47. The van der Waals surface area contributed by atoms with Crippen molar-refractivity contribution in [1.29, 1.82) is 0 Å². The molecule has 2 heteroatoms. The number of alkyl halides is 1. The first-order chi connectivity index (χ1) is 8.68. The van der Waals surface area contributed by atoms with Gasteiger partial charge in [-0.1, -0.05) is 37.5 Å². The van der Waals surface area contributed by atoms with E-state index in [0.29, 0.717) is 11.4 Å². The molecule has 18 heavy (non-hydrogen) atoms. The average Bonchev–Trinajstić information content (AvgIpc) is 2.54. The second-order valence-electron chi connectivity index (χ2n) is 5.51. The topological polar surface area (TPSA) is 12.0 Å². The molecule has 1 saturated carbocycles. The Hall–Kier alpha value is -0.530. The van der Waals surface area contributed by atoms with E-state index < -0.39 is 0 Å². The van der Waals surface area contributed by atoms with Crippen molar-refractivity contribution in [2.75, 3.05) is 0 Å². The van der Waals surface area contributed by atoms with Crippen LogP contribution in [-0.2, 0) is 6.54 Å². The van der Waals surface area contributed by atoms with Gasteiger partial charge in [-0.3, -0.25) is 0 Å². The van der Waals surface area contributed by atoms with Crippen LogP contribution in [0.15, 0.2) is 18.2 Å². The molecular weight excluding hydrogens is 242 g/mol. The highest BCUT2D eigenvalue weighted by atomic mass is 35.5. The van der Waals surface area contributed by atoms with Crippen LogP contribution in [0.2, 0.25) is 0 Å². The average molecular weight is 266 g/mol. The first-order valence-corrected chi connectivity index (χ1v) is 7.54. The van der Waals surface area contributed by atoms with Crippen molar-refractivity contribution >= 4 is 11.6 Å². The van der Waals surface area contributed by atoms with Crippen LogP contribution < -0.4 is 5.32 Å². The Morgan fingerprint density at radius 2 is 1.78 bits per heavy atom. The van der Waals surface area contributed by atoms with E-state index in [1.54, 1.807) is 0 Å². The third-order valence-corrected chi connectivity index (χ3v) is 4.64. The number of halogens is 1. The van der Waals surface area contributed by atoms with Crippen molar-refractivity contribution in [3.8, 4) is 0 Å². The molecule has 2 rings (SSSR count). The lowest BCUT2D eigenvalue weighted by atomic mass is 10.0. The van der Waals surface area contributed by atoms with Gasteiger partial charge in [-0.2, -0.15) is 0 Å². The van der Waals surface area contributed by atoms with Crippen molar-refractivity contribution in [3.05, 3.63) is 34.9 Å². The lowest BCUT2D eigenvalue weighted by Gasteiger charge is -2.22. The van der Waals surface area contributed by atoms with Gasteiger partial charge < -0.3 is 5.32 Å². The summed E-state index contributed by atoms with van der Waals surface area (Å²) in [5.41, 5.74) is 4.19. The third kappa shape index (κ3) is 3.49. The molecular formula is C16H24ClN. The van der Waals surface area contributed by atoms with E-state index >= 15 is 0 Å². The van der Waals surface area contributed by atoms with Crippen LogP contribution in [-0.4, -0.2) is 11.4 Å². The van der Waals surface area contributed by atoms with Crippen LogP contribution in [0.1, 0.15) is 48.8 Å². The molecule has 0 amide bonds. The zero-order valence-corrected chi connectivity index (χ0v) is 12.3. The molecule has 0 radical (unpaired) electrons. The normalized spacial score (nSPS) is 24.8. The molecule has 0 bridgehead atoms. The molecule has 1 aromatic carbocycles. The zero-order chi connectivity index (χ0) is 13.0. The van der Waals surface area contributed by atoms with E-state index in [-0.39, 0.29) is 0 Å². The highest BCUT2D eigenvalue weighted by molar-refractivity contribution is 6.21. The molecule has 0 aliphatic heterocycles. The van der Waals surface area contributed by atoms with E-state index in [1.807, 2.05) is 0 Å². The maximum atomic E-state index is 6.47. The highest BCUT2D eigenvalue weighted by Crippen LogP contribution is 2.23. The monoisotopic (exact) mass is 265 g/mol. The lowest BCUT2D eigenvalue weighted by molar-refractivity contribution is 0.463. The van der Waals surface area contributed by atoms with Crippen molar-refractivity contribution in [2.45, 2.75) is 63.9 Å². The Morgan fingerprint density at radius 1 is 1.11 bits per heavy atom. The summed E-state index contributed by atoms with van der Waals surface area (Å²) in [4.78, 5) is 0. The summed E-state index contributed by atoms with van der Waals surface area (Å²) < 4.78 is 0. The fraction of sp³-hybridized carbons (Fsp3) is 0.625. The molecule has 0 saturated heterocycles. The molecule has 2 atom stereocenters. The summed E-state index contributed by atoms with van der Waals surface area (Å²) in [5.74, 6) is 0. The number of benzene rings is 1. The fourth-order valence-electron chi connectivity index (χ4n) is 2.85. The zero-order valence-electron chi connectivity index (χ0n) is 11.5. The van der Waals surface area contributed by atoms with Gasteiger partial charge in [-0.25, -0.2) is 0 Å². The summed E-state index contributed by atoms with van der Waals surface area (Å²) in [6, 6.07) is 6.99. The first-order valence-electron chi connectivity index (χ1n) is 7.11. The second-order valence-corrected chi connectivity index (χ2v) is 6.07. The summed E-state index contributed by atoms with van der Waals surface area (Å²) in [6.45, 7) is 5.33. The van der Waals surface area contributed by atoms with Crippen molar-refractivity contribution < 1.29 is 0 Å².